The Bertz CT molecular complexity index is 1810. The summed E-state index contributed by atoms with van der Waals surface area (Å²) in [7, 11) is 0. The molecule has 206 valence electrons. The zero-order valence-electron chi connectivity index (χ0n) is 22.3. The van der Waals surface area contributed by atoms with Crippen molar-refractivity contribution in [2.75, 3.05) is 6.26 Å². The first kappa shape index (κ1) is 28.6. The van der Waals surface area contributed by atoms with Gasteiger partial charge in [0.1, 0.15) is 5.76 Å². The Hall–Kier alpha value is -2.93. The summed E-state index contributed by atoms with van der Waals surface area (Å²) in [4.78, 5) is 42.0. The van der Waals surface area contributed by atoms with Gasteiger partial charge in [0.25, 0.3) is 5.56 Å². The van der Waals surface area contributed by atoms with E-state index in [2.05, 4.69) is 30.9 Å². The highest BCUT2D eigenvalue weighted by Gasteiger charge is 2.33. The van der Waals surface area contributed by atoms with Gasteiger partial charge >= 0.3 is 5.97 Å². The first-order valence-electron chi connectivity index (χ1n) is 12.3. The van der Waals surface area contributed by atoms with Gasteiger partial charge in [-0.25, -0.2) is 19.8 Å². The Labute approximate surface area is 251 Å². The molecule has 1 atom stereocenters. The molecular weight excluding hydrogens is 632 g/mol. The fraction of sp³-hybridized carbons (Fsp3) is 0.250. The third kappa shape index (κ3) is 5.90. The fourth-order valence-corrected chi connectivity index (χ4v) is 6.91. The van der Waals surface area contributed by atoms with E-state index in [0.717, 1.165) is 20.6 Å². The first-order valence-corrected chi connectivity index (χ1v) is 15.9. The summed E-state index contributed by atoms with van der Waals surface area (Å²) in [6, 6.07) is 10.8. The van der Waals surface area contributed by atoms with Crippen molar-refractivity contribution >= 4 is 62.8 Å². The van der Waals surface area contributed by atoms with Crippen LogP contribution in [0.4, 0.5) is 0 Å². The number of esters is 1. The summed E-state index contributed by atoms with van der Waals surface area (Å²) in [5.41, 5.74) is 2.25. The number of halogens is 1. The third-order valence-electron chi connectivity index (χ3n) is 5.92. The van der Waals surface area contributed by atoms with Crippen LogP contribution in [0.5, 0.6) is 0 Å². The van der Waals surface area contributed by atoms with Gasteiger partial charge in [0.15, 0.2) is 15.1 Å². The number of aromatic nitrogens is 3. The van der Waals surface area contributed by atoms with Gasteiger partial charge in [-0.3, -0.25) is 9.36 Å². The standard InChI is InChI=1S/C28H25BrN4O4S3/c1-14(2)36-25(35)22-16(4)32-28-33(23(22)17-6-8-19(38-5)9-7-17)24(34)21(39-28)13-18-12-20(29)26(37-18)40-27-30-11-10-15(3)31-27/h6-14,23H,1-5H3/b21-13-/t23-/m1/s1. The van der Waals surface area contributed by atoms with Gasteiger partial charge < -0.3 is 9.15 Å². The van der Waals surface area contributed by atoms with Crippen molar-refractivity contribution in [3.05, 3.63) is 95.0 Å². The fourth-order valence-electron chi connectivity index (χ4n) is 4.16. The average molecular weight is 658 g/mol. The number of rotatable bonds is 7. The van der Waals surface area contributed by atoms with E-state index in [-0.39, 0.29) is 11.7 Å². The van der Waals surface area contributed by atoms with Gasteiger partial charge in [0, 0.05) is 22.9 Å². The maximum absolute atomic E-state index is 13.9. The molecule has 4 heterocycles. The Balaban J connectivity index is 1.60. The molecule has 0 fully saturated rings. The lowest BCUT2D eigenvalue weighted by Crippen LogP contribution is -2.40. The van der Waals surface area contributed by atoms with Crippen molar-refractivity contribution in [2.45, 2.75) is 55.0 Å². The predicted molar refractivity (Wildman–Crippen MR) is 161 cm³/mol. The molecule has 0 radical (unpaired) electrons. The number of furan rings is 1. The second kappa shape index (κ2) is 11.9. The van der Waals surface area contributed by atoms with Crippen LogP contribution in [0.15, 0.2) is 87.7 Å². The van der Waals surface area contributed by atoms with Crippen LogP contribution >= 0.6 is 50.8 Å². The summed E-state index contributed by atoms with van der Waals surface area (Å²) in [5.74, 6) is 0.00259. The molecule has 0 unspecified atom stereocenters. The smallest absolute Gasteiger partial charge is 0.338 e. The Kier molecular flexibility index (Phi) is 8.50. The van der Waals surface area contributed by atoms with Crippen LogP contribution in [0.3, 0.4) is 0 Å². The molecule has 4 aromatic rings. The minimum absolute atomic E-state index is 0.270. The predicted octanol–water partition coefficient (Wildman–Crippen LogP) is 5.51. The summed E-state index contributed by atoms with van der Waals surface area (Å²) < 4.78 is 14.3. The molecule has 1 aliphatic heterocycles. The van der Waals surface area contributed by atoms with Crippen LogP contribution in [-0.4, -0.2) is 32.9 Å². The highest BCUT2D eigenvalue weighted by atomic mass is 79.9. The lowest BCUT2D eigenvalue weighted by Gasteiger charge is -2.25. The van der Waals surface area contributed by atoms with Crippen LogP contribution < -0.4 is 14.9 Å². The topological polar surface area (TPSA) is 99.6 Å². The molecule has 5 rings (SSSR count). The zero-order valence-corrected chi connectivity index (χ0v) is 26.3. The zero-order chi connectivity index (χ0) is 28.6. The van der Waals surface area contributed by atoms with Gasteiger partial charge in [-0.1, -0.05) is 23.5 Å². The minimum Gasteiger partial charge on any atom is -0.459 e. The quantitative estimate of drug-likeness (QED) is 0.146. The van der Waals surface area contributed by atoms with Gasteiger partial charge in [0.05, 0.1) is 32.4 Å². The second-order valence-electron chi connectivity index (χ2n) is 9.18. The average Bonchev–Trinajstić information content (AvgIpc) is 3.40. The van der Waals surface area contributed by atoms with Crippen molar-refractivity contribution in [1.82, 2.24) is 14.5 Å². The van der Waals surface area contributed by atoms with Crippen LogP contribution in [-0.2, 0) is 9.53 Å². The van der Waals surface area contributed by atoms with Gasteiger partial charge in [-0.2, -0.15) is 0 Å². The van der Waals surface area contributed by atoms with E-state index in [1.54, 1.807) is 55.4 Å². The number of thioether (sulfide) groups is 1. The maximum atomic E-state index is 13.9. The molecule has 0 bridgehead atoms. The van der Waals surface area contributed by atoms with Gasteiger partial charge in [0.2, 0.25) is 0 Å². The molecule has 0 saturated heterocycles. The van der Waals surface area contributed by atoms with E-state index in [4.69, 9.17) is 9.15 Å². The number of ether oxygens (including phenoxy) is 1. The number of hydrogen-bond acceptors (Lipinski definition) is 10. The highest BCUT2D eigenvalue weighted by Crippen LogP contribution is 2.35. The Morgan fingerprint density at radius 1 is 1.23 bits per heavy atom. The molecule has 0 amide bonds. The molecule has 40 heavy (non-hydrogen) atoms. The first-order chi connectivity index (χ1) is 19.1. The van der Waals surface area contributed by atoms with E-state index >= 15 is 0 Å². The summed E-state index contributed by atoms with van der Waals surface area (Å²) in [5, 5.41) is 1.13. The van der Waals surface area contributed by atoms with E-state index in [0.29, 0.717) is 36.6 Å². The van der Waals surface area contributed by atoms with Gasteiger partial charge in [-0.15, -0.1) is 11.8 Å². The molecule has 1 aromatic carbocycles. The molecule has 0 N–H and O–H groups in total. The van der Waals surface area contributed by atoms with Crippen molar-refractivity contribution in [3.63, 3.8) is 0 Å². The van der Waals surface area contributed by atoms with Gasteiger partial charge in [-0.05, 0) is 91.5 Å². The number of benzene rings is 1. The number of nitrogens with zero attached hydrogens (tertiary/aromatic N) is 4. The Morgan fingerprint density at radius 2 is 1.98 bits per heavy atom. The Morgan fingerprint density at radius 3 is 2.65 bits per heavy atom. The van der Waals surface area contributed by atoms with E-state index in [9.17, 15) is 9.59 Å². The number of fused-ring (bicyclic) bond motifs is 1. The van der Waals surface area contributed by atoms with Crippen LogP contribution in [0.1, 0.15) is 43.8 Å². The summed E-state index contributed by atoms with van der Waals surface area (Å²) in [6.07, 6.45) is 5.07. The van der Waals surface area contributed by atoms with Crippen molar-refractivity contribution in [1.29, 1.82) is 0 Å². The molecule has 8 nitrogen and oxygen atoms in total. The summed E-state index contributed by atoms with van der Waals surface area (Å²) in [6.45, 7) is 7.26. The number of carbonyl (C=O) groups is 1. The normalized spacial score (nSPS) is 15.4. The summed E-state index contributed by atoms with van der Waals surface area (Å²) >= 11 is 7.69. The molecule has 12 heteroatoms. The number of hydrogen-bond donors (Lipinski definition) is 0. The second-order valence-corrected chi connectivity index (χ2v) is 12.9. The van der Waals surface area contributed by atoms with Crippen LogP contribution in [0.25, 0.3) is 6.08 Å². The van der Waals surface area contributed by atoms with Crippen molar-refractivity contribution in [3.8, 4) is 0 Å². The monoisotopic (exact) mass is 656 g/mol. The van der Waals surface area contributed by atoms with E-state index in [1.807, 2.05) is 43.5 Å². The van der Waals surface area contributed by atoms with E-state index < -0.39 is 12.0 Å². The molecule has 0 saturated carbocycles. The highest BCUT2D eigenvalue weighted by molar-refractivity contribution is 9.10. The number of carbonyl (C=O) groups excluding carboxylic acids is 1. The van der Waals surface area contributed by atoms with E-state index in [1.165, 1.54) is 23.1 Å². The number of thiazole rings is 1. The maximum Gasteiger partial charge on any atom is 0.338 e. The lowest BCUT2D eigenvalue weighted by atomic mass is 9.96. The van der Waals surface area contributed by atoms with Crippen LogP contribution in [0, 0.1) is 6.92 Å². The number of allylic oxidation sites excluding steroid dienone is 1. The lowest BCUT2D eigenvalue weighted by molar-refractivity contribution is -0.143. The molecule has 0 aliphatic carbocycles. The van der Waals surface area contributed by atoms with Crippen LogP contribution in [0.2, 0.25) is 0 Å². The molecule has 1 aliphatic rings. The third-order valence-corrected chi connectivity index (χ3v) is 9.37. The van der Waals surface area contributed by atoms with Crippen molar-refractivity contribution < 1.29 is 13.9 Å². The molecular formula is C28H25BrN4O4S3. The molecule has 0 spiro atoms. The van der Waals surface area contributed by atoms with Crippen molar-refractivity contribution in [2.24, 2.45) is 4.99 Å². The minimum atomic E-state index is -0.673. The largest absolute Gasteiger partial charge is 0.459 e. The molecule has 3 aromatic heterocycles. The number of aryl methyl sites for hydroxylation is 1. The SMILES string of the molecule is CSc1ccc([C@@H]2C(C(=O)OC(C)C)=C(C)N=c3s/c(=C\c4cc(Br)c(Sc5nccc(C)n5)o4)c(=O)n32)cc1.